The second-order valence-corrected chi connectivity index (χ2v) is 3.62. The molecule has 0 bridgehead atoms. The number of rotatable bonds is 5. The van der Waals surface area contributed by atoms with E-state index in [-0.39, 0.29) is 5.82 Å². The smallest absolute Gasteiger partial charge is 0.361 e. The first-order chi connectivity index (χ1) is 7.92. The van der Waals surface area contributed by atoms with Crippen LogP contribution in [-0.2, 0) is 0 Å². The van der Waals surface area contributed by atoms with Gasteiger partial charge >= 0.3 is 6.18 Å². The molecule has 0 unspecified atom stereocenters. The van der Waals surface area contributed by atoms with E-state index in [2.05, 4.69) is 20.6 Å². The first-order valence-corrected chi connectivity index (χ1v) is 5.30. The SMILES string of the molecule is CCCNc1ncc(C)c(NCC(F)(F)F)n1. The van der Waals surface area contributed by atoms with E-state index in [0.29, 0.717) is 18.1 Å². The third-order valence-electron chi connectivity index (χ3n) is 1.96. The highest BCUT2D eigenvalue weighted by molar-refractivity contribution is 5.46. The minimum absolute atomic E-state index is 0.205. The Kier molecular flexibility index (Phi) is 4.53. The molecule has 17 heavy (non-hydrogen) atoms. The van der Waals surface area contributed by atoms with Gasteiger partial charge < -0.3 is 10.6 Å². The Hall–Kier alpha value is -1.53. The summed E-state index contributed by atoms with van der Waals surface area (Å²) in [7, 11) is 0. The molecule has 4 nitrogen and oxygen atoms in total. The van der Waals surface area contributed by atoms with Gasteiger partial charge in [0.2, 0.25) is 5.95 Å². The van der Waals surface area contributed by atoms with Crippen molar-refractivity contribution in [2.24, 2.45) is 0 Å². The van der Waals surface area contributed by atoms with Crippen molar-refractivity contribution in [1.82, 2.24) is 9.97 Å². The number of alkyl halides is 3. The van der Waals surface area contributed by atoms with Crippen LogP contribution in [0.3, 0.4) is 0 Å². The van der Waals surface area contributed by atoms with E-state index in [1.54, 1.807) is 6.92 Å². The van der Waals surface area contributed by atoms with E-state index in [9.17, 15) is 13.2 Å². The Morgan fingerprint density at radius 1 is 1.29 bits per heavy atom. The van der Waals surface area contributed by atoms with Gasteiger partial charge in [-0.2, -0.15) is 18.2 Å². The lowest BCUT2D eigenvalue weighted by Gasteiger charge is -2.12. The van der Waals surface area contributed by atoms with Gasteiger partial charge in [0.05, 0.1) is 0 Å². The van der Waals surface area contributed by atoms with Crippen molar-refractivity contribution < 1.29 is 13.2 Å². The minimum Gasteiger partial charge on any atom is -0.361 e. The Bertz CT molecular complexity index is 365. The number of nitrogens with one attached hydrogen (secondary N) is 2. The summed E-state index contributed by atoms with van der Waals surface area (Å²) in [5.41, 5.74) is 0.580. The van der Waals surface area contributed by atoms with E-state index in [0.717, 1.165) is 6.42 Å². The van der Waals surface area contributed by atoms with E-state index < -0.39 is 12.7 Å². The molecular formula is C10H15F3N4. The van der Waals surface area contributed by atoms with Gasteiger partial charge in [-0.05, 0) is 13.3 Å². The number of hydrogen-bond donors (Lipinski definition) is 2. The topological polar surface area (TPSA) is 49.8 Å². The lowest BCUT2D eigenvalue weighted by molar-refractivity contribution is -0.115. The van der Waals surface area contributed by atoms with Crippen LogP contribution in [0.2, 0.25) is 0 Å². The molecular weight excluding hydrogens is 233 g/mol. The van der Waals surface area contributed by atoms with Crippen molar-refractivity contribution >= 4 is 11.8 Å². The lowest BCUT2D eigenvalue weighted by Crippen LogP contribution is -2.22. The summed E-state index contributed by atoms with van der Waals surface area (Å²) in [4.78, 5) is 7.96. The number of hydrogen-bond acceptors (Lipinski definition) is 4. The monoisotopic (exact) mass is 248 g/mol. The molecule has 2 N–H and O–H groups in total. The van der Waals surface area contributed by atoms with Crippen LogP contribution >= 0.6 is 0 Å². The number of aromatic nitrogens is 2. The maximum absolute atomic E-state index is 12.1. The van der Waals surface area contributed by atoms with Crippen molar-refractivity contribution in [2.45, 2.75) is 26.4 Å². The minimum atomic E-state index is -4.26. The molecule has 0 aliphatic heterocycles. The molecule has 96 valence electrons. The Morgan fingerprint density at radius 3 is 2.59 bits per heavy atom. The van der Waals surface area contributed by atoms with Gasteiger partial charge in [0.1, 0.15) is 12.4 Å². The zero-order chi connectivity index (χ0) is 12.9. The maximum atomic E-state index is 12.1. The van der Waals surface area contributed by atoms with E-state index >= 15 is 0 Å². The zero-order valence-electron chi connectivity index (χ0n) is 9.73. The number of anilines is 2. The number of halogens is 3. The average molecular weight is 248 g/mol. The van der Waals surface area contributed by atoms with E-state index in [1.807, 2.05) is 6.92 Å². The van der Waals surface area contributed by atoms with Gasteiger partial charge in [-0.25, -0.2) is 4.98 Å². The molecule has 0 radical (unpaired) electrons. The lowest BCUT2D eigenvalue weighted by atomic mass is 10.3. The summed E-state index contributed by atoms with van der Waals surface area (Å²) in [5, 5.41) is 5.17. The van der Waals surface area contributed by atoms with Crippen LogP contribution in [0.25, 0.3) is 0 Å². The fourth-order valence-electron chi connectivity index (χ4n) is 1.13. The summed E-state index contributed by atoms with van der Waals surface area (Å²) in [6, 6.07) is 0. The molecule has 0 aromatic carbocycles. The molecule has 0 spiro atoms. The van der Waals surface area contributed by atoms with Crippen LogP contribution < -0.4 is 10.6 Å². The first kappa shape index (κ1) is 13.5. The Labute approximate surface area is 97.7 Å². The average Bonchev–Trinajstić information content (AvgIpc) is 2.25. The third kappa shape index (κ3) is 4.88. The standard InChI is InChI=1S/C10H15F3N4/c1-3-4-14-9-15-5-7(2)8(17-9)16-6-10(11,12)13/h5H,3-4,6H2,1-2H3,(H2,14,15,16,17). The van der Waals surface area contributed by atoms with Crippen molar-refractivity contribution in [1.29, 1.82) is 0 Å². The molecule has 1 aromatic rings. The zero-order valence-corrected chi connectivity index (χ0v) is 9.73. The normalized spacial score (nSPS) is 11.4. The van der Waals surface area contributed by atoms with Crippen LogP contribution in [-0.4, -0.2) is 29.2 Å². The van der Waals surface area contributed by atoms with Crippen LogP contribution in [0.5, 0.6) is 0 Å². The summed E-state index contributed by atoms with van der Waals surface area (Å²) >= 11 is 0. The van der Waals surface area contributed by atoms with E-state index in [1.165, 1.54) is 6.20 Å². The second-order valence-electron chi connectivity index (χ2n) is 3.62. The van der Waals surface area contributed by atoms with Crippen LogP contribution in [0, 0.1) is 6.92 Å². The van der Waals surface area contributed by atoms with Crippen LogP contribution in [0.4, 0.5) is 24.9 Å². The molecule has 1 rings (SSSR count). The van der Waals surface area contributed by atoms with Crippen molar-refractivity contribution in [2.75, 3.05) is 23.7 Å². The van der Waals surface area contributed by atoms with Gasteiger partial charge in [0, 0.05) is 18.3 Å². The van der Waals surface area contributed by atoms with E-state index in [4.69, 9.17) is 0 Å². The third-order valence-corrected chi connectivity index (χ3v) is 1.96. The molecule has 0 fully saturated rings. The molecule has 0 saturated heterocycles. The molecule has 0 saturated carbocycles. The molecule has 1 heterocycles. The van der Waals surface area contributed by atoms with Gasteiger partial charge in [0.15, 0.2) is 0 Å². The quantitative estimate of drug-likeness (QED) is 0.840. The van der Waals surface area contributed by atoms with Gasteiger partial charge in [0.25, 0.3) is 0 Å². The highest BCUT2D eigenvalue weighted by Gasteiger charge is 2.27. The summed E-state index contributed by atoms with van der Waals surface area (Å²) < 4.78 is 36.2. The summed E-state index contributed by atoms with van der Waals surface area (Å²) in [6.07, 6.45) is -1.87. The maximum Gasteiger partial charge on any atom is 0.405 e. The second kappa shape index (κ2) is 5.70. The molecule has 7 heteroatoms. The fourth-order valence-corrected chi connectivity index (χ4v) is 1.13. The fraction of sp³-hybridized carbons (Fsp3) is 0.600. The van der Waals surface area contributed by atoms with Crippen molar-refractivity contribution in [3.63, 3.8) is 0 Å². The summed E-state index contributed by atoms with van der Waals surface area (Å²) in [6.45, 7) is 3.21. The largest absolute Gasteiger partial charge is 0.405 e. The molecule has 0 aliphatic carbocycles. The van der Waals surface area contributed by atoms with Gasteiger partial charge in [-0.3, -0.25) is 0 Å². The van der Waals surface area contributed by atoms with Gasteiger partial charge in [-0.1, -0.05) is 6.92 Å². The number of aryl methyl sites for hydroxylation is 1. The highest BCUT2D eigenvalue weighted by Crippen LogP contribution is 2.18. The molecule has 0 amide bonds. The predicted octanol–water partition coefficient (Wildman–Crippen LogP) is 2.58. The number of nitrogens with zero attached hydrogens (tertiary/aromatic N) is 2. The Balaban J connectivity index is 2.69. The van der Waals surface area contributed by atoms with Crippen molar-refractivity contribution in [3.05, 3.63) is 11.8 Å². The van der Waals surface area contributed by atoms with Gasteiger partial charge in [-0.15, -0.1) is 0 Å². The van der Waals surface area contributed by atoms with Crippen LogP contribution in [0.1, 0.15) is 18.9 Å². The molecule has 1 aromatic heterocycles. The highest BCUT2D eigenvalue weighted by atomic mass is 19.4. The Morgan fingerprint density at radius 2 is 2.00 bits per heavy atom. The molecule has 0 aliphatic rings. The van der Waals surface area contributed by atoms with Crippen molar-refractivity contribution in [3.8, 4) is 0 Å². The van der Waals surface area contributed by atoms with Crippen LogP contribution in [0.15, 0.2) is 6.20 Å². The molecule has 0 atom stereocenters. The first-order valence-electron chi connectivity index (χ1n) is 5.30. The summed E-state index contributed by atoms with van der Waals surface area (Å²) in [5.74, 6) is 0.540. The predicted molar refractivity (Wildman–Crippen MR) is 60.1 cm³/mol.